The van der Waals surface area contributed by atoms with Crippen LogP contribution in [0.15, 0.2) is 61.1 Å². The Morgan fingerprint density at radius 2 is 1.85 bits per heavy atom. The van der Waals surface area contributed by atoms with Crippen LogP contribution >= 0.6 is 0 Å². The van der Waals surface area contributed by atoms with Crippen LogP contribution in [-0.2, 0) is 6.42 Å². The minimum absolute atomic E-state index is 0.140. The number of hydrogen-bond donors (Lipinski definition) is 3. The van der Waals surface area contributed by atoms with Gasteiger partial charge in [0.25, 0.3) is 0 Å². The summed E-state index contributed by atoms with van der Waals surface area (Å²) in [6.45, 7) is 0.992. The second kappa shape index (κ2) is 10.9. The Balaban J connectivity index is 0.000000191. The van der Waals surface area contributed by atoms with E-state index in [-0.39, 0.29) is 17.2 Å². The molecule has 6 nitrogen and oxygen atoms in total. The number of H-pyrrole nitrogens is 1. The van der Waals surface area contributed by atoms with Crippen LogP contribution in [0.25, 0.3) is 22.2 Å². The maximum atomic E-state index is 13.1. The number of para-hydroxylation sites is 1. The highest BCUT2D eigenvalue weighted by atomic mass is 19.4. The second-order valence-corrected chi connectivity index (χ2v) is 7.42. The fourth-order valence-electron chi connectivity index (χ4n) is 3.29. The van der Waals surface area contributed by atoms with Crippen LogP contribution in [0.1, 0.15) is 21.6 Å². The average Bonchev–Trinajstić information content (AvgIpc) is 3.21. The van der Waals surface area contributed by atoms with Crippen LogP contribution in [0.5, 0.6) is 0 Å². The van der Waals surface area contributed by atoms with E-state index >= 15 is 0 Å². The molecule has 4 rings (SSSR count). The maximum absolute atomic E-state index is 13.1. The number of nitrogens with zero attached hydrogens (tertiary/aromatic N) is 2. The zero-order valence-corrected chi connectivity index (χ0v) is 18.2. The molecule has 0 fully saturated rings. The molecule has 178 valence electrons. The van der Waals surface area contributed by atoms with Gasteiger partial charge in [-0.1, -0.05) is 18.2 Å². The Hall–Kier alpha value is -3.79. The van der Waals surface area contributed by atoms with Crippen LogP contribution in [0.4, 0.5) is 17.6 Å². The summed E-state index contributed by atoms with van der Waals surface area (Å²) in [5.74, 6) is -1.50. The van der Waals surface area contributed by atoms with Gasteiger partial charge in [-0.2, -0.15) is 13.2 Å². The lowest BCUT2D eigenvalue weighted by Crippen LogP contribution is -2.30. The van der Waals surface area contributed by atoms with Crippen LogP contribution < -0.4 is 5.32 Å². The molecule has 34 heavy (non-hydrogen) atoms. The number of benzene rings is 2. The van der Waals surface area contributed by atoms with Crippen molar-refractivity contribution in [3.63, 3.8) is 0 Å². The third-order valence-electron chi connectivity index (χ3n) is 4.90. The molecule has 2 heterocycles. The summed E-state index contributed by atoms with van der Waals surface area (Å²) in [4.78, 5) is 21.8. The van der Waals surface area contributed by atoms with Crippen LogP contribution in [-0.4, -0.2) is 45.3 Å². The number of rotatable bonds is 6. The van der Waals surface area contributed by atoms with Gasteiger partial charge < -0.3 is 15.4 Å². The van der Waals surface area contributed by atoms with Crippen molar-refractivity contribution in [2.24, 2.45) is 0 Å². The number of nitrogens with one attached hydrogen (secondary N) is 2. The lowest BCUT2D eigenvalue weighted by Gasteiger charge is -2.07. The van der Waals surface area contributed by atoms with E-state index in [1.54, 1.807) is 13.0 Å². The summed E-state index contributed by atoms with van der Waals surface area (Å²) in [7, 11) is 0. The van der Waals surface area contributed by atoms with E-state index < -0.39 is 18.7 Å². The van der Waals surface area contributed by atoms with Crippen LogP contribution in [0.3, 0.4) is 0 Å². The van der Waals surface area contributed by atoms with Crippen molar-refractivity contribution in [2.45, 2.75) is 19.5 Å². The summed E-state index contributed by atoms with van der Waals surface area (Å²) in [6.07, 6.45) is 1.00. The molecule has 0 spiro atoms. The molecule has 0 radical (unpaired) electrons. The number of aryl methyl sites for hydroxylation is 1. The highest BCUT2D eigenvalue weighted by molar-refractivity contribution is 5.92. The van der Waals surface area contributed by atoms with Crippen molar-refractivity contribution in [2.75, 3.05) is 13.1 Å². The molecule has 0 aliphatic rings. The van der Waals surface area contributed by atoms with Gasteiger partial charge in [0, 0.05) is 35.1 Å². The Labute approximate surface area is 192 Å². The summed E-state index contributed by atoms with van der Waals surface area (Å²) in [5, 5.41) is 12.4. The Morgan fingerprint density at radius 1 is 1.12 bits per heavy atom. The van der Waals surface area contributed by atoms with Gasteiger partial charge >= 0.3 is 12.1 Å². The maximum Gasteiger partial charge on any atom is 0.401 e. The summed E-state index contributed by atoms with van der Waals surface area (Å²) in [5.41, 5.74) is 3.12. The quantitative estimate of drug-likeness (QED) is 0.266. The molecule has 0 saturated carbocycles. The van der Waals surface area contributed by atoms with Gasteiger partial charge in [-0.3, -0.25) is 4.98 Å². The van der Waals surface area contributed by atoms with Crippen molar-refractivity contribution in [1.29, 1.82) is 0 Å². The van der Waals surface area contributed by atoms with Gasteiger partial charge in [0.15, 0.2) is 5.69 Å². The highest BCUT2D eigenvalue weighted by Gasteiger charge is 2.25. The number of aromatic nitrogens is 3. The van der Waals surface area contributed by atoms with Crippen LogP contribution in [0, 0.1) is 12.7 Å². The zero-order chi connectivity index (χ0) is 24.7. The van der Waals surface area contributed by atoms with Gasteiger partial charge in [0.05, 0.1) is 6.54 Å². The molecule has 0 aliphatic heterocycles. The normalized spacial score (nSPS) is 11.2. The van der Waals surface area contributed by atoms with Gasteiger partial charge in [-0.05, 0) is 55.3 Å². The molecule has 0 amide bonds. The Bertz CT molecular complexity index is 1270. The molecule has 0 saturated heterocycles. The molecule has 0 unspecified atom stereocenters. The van der Waals surface area contributed by atoms with E-state index in [9.17, 15) is 22.4 Å². The van der Waals surface area contributed by atoms with E-state index in [0.717, 1.165) is 16.5 Å². The highest BCUT2D eigenvalue weighted by Crippen LogP contribution is 2.22. The molecule has 3 N–H and O–H groups in total. The number of alkyl halides is 3. The number of fused-ring (bicyclic) bond motifs is 1. The van der Waals surface area contributed by atoms with Gasteiger partial charge in [-0.25, -0.2) is 14.2 Å². The lowest BCUT2D eigenvalue weighted by atomic mass is 10.1. The van der Waals surface area contributed by atoms with E-state index in [1.165, 1.54) is 24.5 Å². The molecule has 0 aliphatic carbocycles. The van der Waals surface area contributed by atoms with Crippen molar-refractivity contribution in [3.8, 4) is 11.3 Å². The fraction of sp³-hybridized carbons (Fsp3) is 0.208. The number of halogens is 4. The average molecular weight is 474 g/mol. The molecular weight excluding hydrogens is 452 g/mol. The fourth-order valence-corrected chi connectivity index (χ4v) is 3.29. The minimum Gasteiger partial charge on any atom is -0.476 e. The molecule has 0 bridgehead atoms. The number of carboxylic acids is 1. The third-order valence-corrected chi connectivity index (χ3v) is 4.90. The number of carbonyl (C=O) groups is 1. The van der Waals surface area contributed by atoms with Gasteiger partial charge in [0.1, 0.15) is 11.5 Å². The smallest absolute Gasteiger partial charge is 0.401 e. The van der Waals surface area contributed by atoms with E-state index in [4.69, 9.17) is 5.11 Å². The SMILES string of the molecule is Cc1cc(-c2nccnc2C(=O)O)ccc1F.FC(F)(F)CNCCc1c[nH]c2ccccc12. The molecule has 10 heteroatoms. The first-order valence-corrected chi connectivity index (χ1v) is 10.3. The second-order valence-electron chi connectivity index (χ2n) is 7.42. The monoisotopic (exact) mass is 474 g/mol. The van der Waals surface area contributed by atoms with E-state index in [0.29, 0.717) is 24.1 Å². The standard InChI is InChI=1S/C12H13F3N2.C12H9FN2O2/c13-12(14,15)8-16-6-5-9-7-17-11-4-2-1-3-10(9)11;1-7-6-8(2-3-9(7)13)10-11(12(16)17)15-5-4-14-10/h1-4,7,16-17H,5-6,8H2;2-6H,1H3,(H,16,17). The number of aromatic carboxylic acids is 1. The Morgan fingerprint density at radius 3 is 2.56 bits per heavy atom. The van der Waals surface area contributed by atoms with Gasteiger partial charge in [-0.15, -0.1) is 0 Å². The summed E-state index contributed by atoms with van der Waals surface area (Å²) in [6, 6.07) is 12.1. The van der Waals surface area contributed by atoms with Crippen molar-refractivity contribution in [3.05, 3.63) is 83.7 Å². The van der Waals surface area contributed by atoms with Crippen molar-refractivity contribution in [1.82, 2.24) is 20.3 Å². The minimum atomic E-state index is -4.14. The number of carboxylic acid groups (broad SMARTS) is 1. The van der Waals surface area contributed by atoms with E-state index in [1.807, 2.05) is 30.5 Å². The molecule has 2 aromatic heterocycles. The van der Waals surface area contributed by atoms with Crippen molar-refractivity contribution < 1.29 is 27.5 Å². The Kier molecular flexibility index (Phi) is 7.95. The molecular formula is C24H22F4N4O2. The van der Waals surface area contributed by atoms with Crippen LogP contribution in [0.2, 0.25) is 0 Å². The first-order valence-electron chi connectivity index (χ1n) is 10.3. The first kappa shape index (κ1) is 24.8. The first-order chi connectivity index (χ1) is 16.2. The third kappa shape index (κ3) is 6.61. The largest absolute Gasteiger partial charge is 0.476 e. The summed E-state index contributed by atoms with van der Waals surface area (Å²) < 4.78 is 48.8. The zero-order valence-electron chi connectivity index (χ0n) is 18.2. The predicted octanol–water partition coefficient (Wildman–Crippen LogP) is 5.15. The molecule has 2 aromatic carbocycles. The van der Waals surface area contributed by atoms with E-state index in [2.05, 4.69) is 20.3 Å². The topological polar surface area (TPSA) is 90.9 Å². The van der Waals surface area contributed by atoms with Crippen molar-refractivity contribution >= 4 is 16.9 Å². The van der Waals surface area contributed by atoms with Gasteiger partial charge in [0.2, 0.25) is 0 Å². The number of aromatic amines is 1. The predicted molar refractivity (Wildman–Crippen MR) is 120 cm³/mol. The molecule has 4 aromatic rings. The molecule has 0 atom stereocenters. The summed E-state index contributed by atoms with van der Waals surface area (Å²) >= 11 is 0. The lowest BCUT2D eigenvalue weighted by molar-refractivity contribution is -0.124. The number of hydrogen-bond acceptors (Lipinski definition) is 4.